The monoisotopic (exact) mass is 410 g/mol. The lowest BCUT2D eigenvalue weighted by Crippen LogP contribution is -2.17. The molecule has 0 aliphatic heterocycles. The number of para-hydroxylation sites is 1. The summed E-state index contributed by atoms with van der Waals surface area (Å²) in [5, 5.41) is 7.89. The average molecular weight is 410 g/mol. The molecule has 0 atom stereocenters. The zero-order valence-electron chi connectivity index (χ0n) is 17.1. The minimum absolute atomic E-state index is 0.159. The number of anilines is 1. The summed E-state index contributed by atoms with van der Waals surface area (Å²) in [6.07, 6.45) is 3.70. The fourth-order valence-electron chi connectivity index (χ4n) is 3.42. The first-order chi connectivity index (χ1) is 15.1. The molecule has 1 heterocycles. The van der Waals surface area contributed by atoms with Gasteiger partial charge in [0.05, 0.1) is 6.21 Å². The van der Waals surface area contributed by atoms with E-state index in [9.17, 15) is 9.59 Å². The third-order valence-corrected chi connectivity index (χ3v) is 4.85. The van der Waals surface area contributed by atoms with Crippen molar-refractivity contribution in [1.82, 2.24) is 9.99 Å². The second-order valence-electron chi connectivity index (χ2n) is 7.17. The van der Waals surface area contributed by atoms with Crippen LogP contribution in [-0.4, -0.2) is 22.6 Å². The number of hydrogen-bond donors (Lipinski definition) is 2. The third kappa shape index (κ3) is 4.87. The molecule has 6 nitrogen and oxygen atoms in total. The molecule has 0 saturated heterocycles. The van der Waals surface area contributed by atoms with E-state index in [2.05, 4.69) is 38.6 Å². The number of amides is 2. The summed E-state index contributed by atoms with van der Waals surface area (Å²) in [5.41, 5.74) is 6.90. The molecule has 2 N–H and O–H groups in total. The number of hydrogen-bond acceptors (Lipinski definition) is 3. The van der Waals surface area contributed by atoms with Crippen molar-refractivity contribution in [3.05, 3.63) is 102 Å². The van der Waals surface area contributed by atoms with Gasteiger partial charge in [-0.25, -0.2) is 5.43 Å². The van der Waals surface area contributed by atoms with Crippen molar-refractivity contribution < 1.29 is 9.59 Å². The number of nitrogens with zero attached hydrogens (tertiary/aromatic N) is 2. The molecular formula is C25H22N4O2. The molecule has 0 saturated carbocycles. The highest BCUT2D eigenvalue weighted by molar-refractivity contribution is 6.00. The largest absolute Gasteiger partial charge is 0.342 e. The van der Waals surface area contributed by atoms with Crippen LogP contribution >= 0.6 is 0 Å². The molecule has 0 radical (unpaired) electrons. The van der Waals surface area contributed by atoms with Gasteiger partial charge in [0.2, 0.25) is 5.91 Å². The van der Waals surface area contributed by atoms with Crippen LogP contribution in [0.1, 0.15) is 28.4 Å². The smallest absolute Gasteiger partial charge is 0.271 e. The number of rotatable bonds is 6. The van der Waals surface area contributed by atoms with Crippen LogP contribution in [-0.2, 0) is 11.3 Å². The van der Waals surface area contributed by atoms with Crippen molar-refractivity contribution >= 4 is 34.6 Å². The van der Waals surface area contributed by atoms with E-state index in [1.165, 1.54) is 12.5 Å². The van der Waals surface area contributed by atoms with Crippen LogP contribution in [0.15, 0.2) is 90.2 Å². The third-order valence-electron chi connectivity index (χ3n) is 4.85. The maximum Gasteiger partial charge on any atom is 0.271 e. The zero-order valence-corrected chi connectivity index (χ0v) is 17.1. The number of benzene rings is 3. The molecule has 1 aromatic heterocycles. The van der Waals surface area contributed by atoms with Crippen LogP contribution in [0, 0.1) is 0 Å². The first-order valence-corrected chi connectivity index (χ1v) is 9.93. The van der Waals surface area contributed by atoms with Gasteiger partial charge in [-0.05, 0) is 35.9 Å². The Labute approximate surface area is 180 Å². The van der Waals surface area contributed by atoms with E-state index in [1.807, 2.05) is 42.6 Å². The molecule has 0 aliphatic carbocycles. The number of carbonyl (C=O) groups excluding carboxylic acids is 2. The number of hydrazone groups is 1. The van der Waals surface area contributed by atoms with Crippen LogP contribution in [0.2, 0.25) is 0 Å². The summed E-state index contributed by atoms with van der Waals surface area (Å²) < 4.78 is 2.18. The number of fused-ring (bicyclic) bond motifs is 1. The quantitative estimate of drug-likeness (QED) is 0.365. The van der Waals surface area contributed by atoms with Gasteiger partial charge in [-0.15, -0.1) is 0 Å². The lowest BCUT2D eigenvalue weighted by Gasteiger charge is -2.05. The Balaban J connectivity index is 1.49. The van der Waals surface area contributed by atoms with Gasteiger partial charge in [-0.1, -0.05) is 48.5 Å². The van der Waals surface area contributed by atoms with E-state index in [-0.39, 0.29) is 11.8 Å². The molecule has 31 heavy (non-hydrogen) atoms. The molecular weight excluding hydrogens is 388 g/mol. The molecule has 0 unspecified atom stereocenters. The molecule has 0 fully saturated rings. The van der Waals surface area contributed by atoms with Gasteiger partial charge in [-0.2, -0.15) is 5.10 Å². The Morgan fingerprint density at radius 2 is 1.65 bits per heavy atom. The number of carbonyl (C=O) groups is 2. The van der Waals surface area contributed by atoms with Gasteiger partial charge in [0, 0.05) is 47.4 Å². The van der Waals surface area contributed by atoms with Crippen molar-refractivity contribution in [2.24, 2.45) is 5.10 Å². The first-order valence-electron chi connectivity index (χ1n) is 9.93. The molecule has 6 heteroatoms. The fraction of sp³-hybridized carbons (Fsp3) is 0.0800. The Bertz CT molecular complexity index is 1240. The maximum atomic E-state index is 12.4. The minimum Gasteiger partial charge on any atom is -0.342 e. The summed E-state index contributed by atoms with van der Waals surface area (Å²) in [6, 6.07) is 25.0. The van der Waals surface area contributed by atoms with Gasteiger partial charge in [-0.3, -0.25) is 9.59 Å². The predicted octanol–water partition coefficient (Wildman–Crippen LogP) is 4.41. The van der Waals surface area contributed by atoms with E-state index < -0.39 is 0 Å². The summed E-state index contributed by atoms with van der Waals surface area (Å²) in [6.45, 7) is 2.19. The molecule has 2 amide bonds. The Hall–Kier alpha value is -4.19. The second kappa shape index (κ2) is 9.09. The van der Waals surface area contributed by atoms with Crippen molar-refractivity contribution in [2.75, 3.05) is 5.32 Å². The minimum atomic E-state index is -0.321. The van der Waals surface area contributed by atoms with E-state index in [0.29, 0.717) is 11.3 Å². The Morgan fingerprint density at radius 3 is 2.39 bits per heavy atom. The average Bonchev–Trinajstić information content (AvgIpc) is 3.12. The van der Waals surface area contributed by atoms with Crippen LogP contribution < -0.4 is 10.7 Å². The summed E-state index contributed by atoms with van der Waals surface area (Å²) in [7, 11) is 0. The van der Waals surface area contributed by atoms with Gasteiger partial charge in [0.15, 0.2) is 0 Å². The van der Waals surface area contributed by atoms with E-state index >= 15 is 0 Å². The number of nitrogens with one attached hydrogen (secondary N) is 2. The van der Waals surface area contributed by atoms with Crippen molar-refractivity contribution in [3.8, 4) is 0 Å². The van der Waals surface area contributed by atoms with Gasteiger partial charge in [0.25, 0.3) is 5.91 Å². The topological polar surface area (TPSA) is 75.5 Å². The van der Waals surface area contributed by atoms with Crippen LogP contribution in [0.25, 0.3) is 10.9 Å². The summed E-state index contributed by atoms with van der Waals surface area (Å²) >= 11 is 0. The number of aromatic nitrogens is 1. The first kappa shape index (κ1) is 20.1. The zero-order chi connectivity index (χ0) is 21.6. The standard InChI is InChI=1S/C25H22N4O2/c1-18(30)27-22-13-11-20(12-14-22)25(31)28-26-15-21-17-29(16-19-7-3-2-4-8-19)24-10-6-5-9-23(21)24/h2-15,17H,16H2,1H3,(H,27,30)(H,28,31). The highest BCUT2D eigenvalue weighted by Crippen LogP contribution is 2.21. The van der Waals surface area contributed by atoms with Gasteiger partial charge >= 0.3 is 0 Å². The van der Waals surface area contributed by atoms with Crippen LogP contribution in [0.4, 0.5) is 5.69 Å². The van der Waals surface area contributed by atoms with Gasteiger partial charge < -0.3 is 9.88 Å². The summed E-state index contributed by atoms with van der Waals surface area (Å²) in [5.74, 6) is -0.480. The molecule has 0 spiro atoms. The van der Waals surface area contributed by atoms with Crippen molar-refractivity contribution in [1.29, 1.82) is 0 Å². The van der Waals surface area contributed by atoms with Crippen molar-refractivity contribution in [3.63, 3.8) is 0 Å². The van der Waals surface area contributed by atoms with Crippen LogP contribution in [0.5, 0.6) is 0 Å². The Kier molecular flexibility index (Phi) is 5.89. The molecule has 4 rings (SSSR count). The molecule has 154 valence electrons. The highest BCUT2D eigenvalue weighted by atomic mass is 16.2. The normalized spacial score (nSPS) is 11.0. The molecule has 0 bridgehead atoms. The van der Waals surface area contributed by atoms with E-state index in [0.717, 1.165) is 23.0 Å². The van der Waals surface area contributed by atoms with E-state index in [4.69, 9.17) is 0 Å². The molecule has 0 aliphatic rings. The molecule has 3 aromatic carbocycles. The highest BCUT2D eigenvalue weighted by Gasteiger charge is 2.08. The van der Waals surface area contributed by atoms with Gasteiger partial charge in [0.1, 0.15) is 0 Å². The molecule has 4 aromatic rings. The lowest BCUT2D eigenvalue weighted by atomic mass is 10.2. The van der Waals surface area contributed by atoms with Crippen LogP contribution in [0.3, 0.4) is 0 Å². The van der Waals surface area contributed by atoms with E-state index in [1.54, 1.807) is 30.5 Å². The van der Waals surface area contributed by atoms with Crippen molar-refractivity contribution in [2.45, 2.75) is 13.5 Å². The fourth-order valence-corrected chi connectivity index (χ4v) is 3.42. The SMILES string of the molecule is CC(=O)Nc1ccc(C(=O)NN=Cc2cn(Cc3ccccc3)c3ccccc23)cc1. The lowest BCUT2D eigenvalue weighted by molar-refractivity contribution is -0.114. The predicted molar refractivity (Wildman–Crippen MR) is 123 cm³/mol. The maximum absolute atomic E-state index is 12.4. The summed E-state index contributed by atoms with van der Waals surface area (Å²) in [4.78, 5) is 23.5. The second-order valence-corrected chi connectivity index (χ2v) is 7.17. The Morgan fingerprint density at radius 1 is 0.935 bits per heavy atom.